The Bertz CT molecular complexity index is 668. The van der Waals surface area contributed by atoms with Crippen molar-refractivity contribution in [1.29, 1.82) is 0 Å². The number of aliphatic hydroxyl groups excluding tert-OH is 1. The second kappa shape index (κ2) is 7.15. The van der Waals surface area contributed by atoms with Gasteiger partial charge >= 0.3 is 6.03 Å². The molecular formula is C14H12ClF2N3O2. The first kappa shape index (κ1) is 16.1. The van der Waals surface area contributed by atoms with E-state index < -0.39 is 23.9 Å². The SMILES string of the molecule is O=C(NCC(O)c1ccc(Cl)c(F)c1)Nc1ccc(F)nc1. The number of carbonyl (C=O) groups excluding carboxylic acids is 1. The van der Waals surface area contributed by atoms with Crippen molar-refractivity contribution in [2.24, 2.45) is 0 Å². The summed E-state index contributed by atoms with van der Waals surface area (Å²) in [4.78, 5) is 15.0. The number of pyridine rings is 1. The molecular weight excluding hydrogens is 316 g/mol. The van der Waals surface area contributed by atoms with Crippen LogP contribution in [0.2, 0.25) is 5.02 Å². The highest BCUT2D eigenvalue weighted by atomic mass is 35.5. The number of hydrogen-bond donors (Lipinski definition) is 3. The molecule has 0 fully saturated rings. The fraction of sp³-hybridized carbons (Fsp3) is 0.143. The number of nitrogens with zero attached hydrogens (tertiary/aromatic N) is 1. The minimum Gasteiger partial charge on any atom is -0.387 e. The highest BCUT2D eigenvalue weighted by Gasteiger charge is 2.12. The van der Waals surface area contributed by atoms with Gasteiger partial charge in [0, 0.05) is 6.54 Å². The number of aliphatic hydroxyl groups is 1. The van der Waals surface area contributed by atoms with Crippen LogP contribution in [0.3, 0.4) is 0 Å². The Morgan fingerprint density at radius 1 is 1.32 bits per heavy atom. The molecule has 0 spiro atoms. The fourth-order valence-corrected chi connectivity index (χ4v) is 1.77. The number of aromatic nitrogens is 1. The van der Waals surface area contributed by atoms with Crippen molar-refractivity contribution in [3.8, 4) is 0 Å². The molecule has 2 amide bonds. The van der Waals surface area contributed by atoms with E-state index in [1.807, 2.05) is 0 Å². The van der Waals surface area contributed by atoms with Crippen LogP contribution in [0.4, 0.5) is 19.3 Å². The van der Waals surface area contributed by atoms with Gasteiger partial charge in [-0.25, -0.2) is 14.2 Å². The number of hydrogen-bond acceptors (Lipinski definition) is 3. The Balaban J connectivity index is 1.87. The molecule has 22 heavy (non-hydrogen) atoms. The maximum absolute atomic E-state index is 13.3. The third kappa shape index (κ3) is 4.37. The molecule has 1 aromatic heterocycles. The first-order valence-corrected chi connectivity index (χ1v) is 6.63. The smallest absolute Gasteiger partial charge is 0.319 e. The van der Waals surface area contributed by atoms with Gasteiger partial charge in [0.1, 0.15) is 5.82 Å². The van der Waals surface area contributed by atoms with Crippen LogP contribution in [0.25, 0.3) is 0 Å². The third-order valence-corrected chi connectivity index (χ3v) is 3.08. The van der Waals surface area contributed by atoms with Crippen molar-refractivity contribution in [1.82, 2.24) is 10.3 Å². The second-order valence-corrected chi connectivity index (χ2v) is 4.80. The van der Waals surface area contributed by atoms with Crippen molar-refractivity contribution in [2.75, 3.05) is 11.9 Å². The molecule has 0 aliphatic heterocycles. The zero-order valence-corrected chi connectivity index (χ0v) is 11.9. The number of anilines is 1. The van der Waals surface area contributed by atoms with Gasteiger partial charge in [-0.05, 0) is 29.8 Å². The average Bonchev–Trinajstić information content (AvgIpc) is 2.50. The van der Waals surface area contributed by atoms with E-state index in [1.165, 1.54) is 18.2 Å². The number of amides is 2. The maximum atomic E-state index is 13.3. The van der Waals surface area contributed by atoms with Crippen LogP contribution in [0.15, 0.2) is 36.5 Å². The minimum absolute atomic E-state index is 0.0505. The minimum atomic E-state index is -1.09. The van der Waals surface area contributed by atoms with Gasteiger partial charge in [-0.2, -0.15) is 4.39 Å². The van der Waals surface area contributed by atoms with Crippen molar-refractivity contribution in [3.05, 3.63) is 58.9 Å². The molecule has 1 aromatic carbocycles. The van der Waals surface area contributed by atoms with Gasteiger partial charge in [-0.1, -0.05) is 17.7 Å². The topological polar surface area (TPSA) is 74.2 Å². The first-order chi connectivity index (χ1) is 10.5. The summed E-state index contributed by atoms with van der Waals surface area (Å²) < 4.78 is 25.9. The maximum Gasteiger partial charge on any atom is 0.319 e. The summed E-state index contributed by atoms with van der Waals surface area (Å²) in [6.07, 6.45) is 0.0590. The number of rotatable bonds is 4. The second-order valence-electron chi connectivity index (χ2n) is 4.39. The molecule has 0 aliphatic carbocycles. The Labute approximate surface area is 129 Å². The molecule has 2 rings (SSSR count). The van der Waals surface area contributed by atoms with E-state index in [4.69, 9.17) is 11.6 Å². The Morgan fingerprint density at radius 3 is 2.73 bits per heavy atom. The standard InChI is InChI=1S/C14H12ClF2N3O2/c15-10-3-1-8(5-11(10)16)12(21)7-19-14(22)20-9-2-4-13(17)18-6-9/h1-6,12,21H,7H2,(H2,19,20,22). The van der Waals surface area contributed by atoms with Gasteiger partial charge in [0.2, 0.25) is 5.95 Å². The van der Waals surface area contributed by atoms with Crippen LogP contribution < -0.4 is 10.6 Å². The predicted octanol–water partition coefficient (Wildman–Crippen LogP) is 2.87. The summed E-state index contributed by atoms with van der Waals surface area (Å²) in [6, 6.07) is 5.70. The van der Waals surface area contributed by atoms with Crippen molar-refractivity contribution in [3.63, 3.8) is 0 Å². The molecule has 116 valence electrons. The van der Waals surface area contributed by atoms with Gasteiger partial charge in [-0.3, -0.25) is 0 Å². The Kier molecular flexibility index (Phi) is 5.24. The van der Waals surface area contributed by atoms with Gasteiger partial charge in [0.05, 0.1) is 23.0 Å². The highest BCUT2D eigenvalue weighted by molar-refractivity contribution is 6.30. The van der Waals surface area contributed by atoms with E-state index in [9.17, 15) is 18.7 Å². The lowest BCUT2D eigenvalue weighted by Gasteiger charge is -2.13. The molecule has 3 N–H and O–H groups in total. The highest BCUT2D eigenvalue weighted by Crippen LogP contribution is 2.19. The molecule has 0 aliphatic rings. The summed E-state index contributed by atoms with van der Waals surface area (Å²) in [7, 11) is 0. The van der Waals surface area contributed by atoms with Crippen LogP contribution >= 0.6 is 11.6 Å². The normalized spacial score (nSPS) is 11.8. The number of carbonyl (C=O) groups is 1. The number of halogens is 3. The molecule has 0 saturated heterocycles. The zero-order chi connectivity index (χ0) is 16.1. The summed E-state index contributed by atoms with van der Waals surface area (Å²) in [6.45, 7) is -0.137. The average molecular weight is 328 g/mol. The van der Waals surface area contributed by atoms with Crippen LogP contribution in [-0.2, 0) is 0 Å². The monoisotopic (exact) mass is 327 g/mol. The summed E-state index contributed by atoms with van der Waals surface area (Å²) in [5, 5.41) is 14.6. The lowest BCUT2D eigenvalue weighted by atomic mass is 10.1. The van der Waals surface area contributed by atoms with Crippen molar-refractivity contribution >= 4 is 23.3 Å². The van der Waals surface area contributed by atoms with Crippen molar-refractivity contribution < 1.29 is 18.7 Å². The van der Waals surface area contributed by atoms with Gasteiger partial charge in [0.15, 0.2) is 0 Å². The molecule has 1 unspecified atom stereocenters. The summed E-state index contributed by atoms with van der Waals surface area (Å²) in [5.41, 5.74) is 0.580. The number of benzene rings is 1. The lowest BCUT2D eigenvalue weighted by Crippen LogP contribution is -2.32. The molecule has 1 atom stereocenters. The molecule has 8 heteroatoms. The van der Waals surface area contributed by atoms with E-state index in [0.717, 1.165) is 18.3 Å². The van der Waals surface area contributed by atoms with Crippen molar-refractivity contribution in [2.45, 2.75) is 6.10 Å². The van der Waals surface area contributed by atoms with E-state index in [1.54, 1.807) is 0 Å². The van der Waals surface area contributed by atoms with E-state index in [0.29, 0.717) is 5.69 Å². The molecule has 0 saturated carbocycles. The van der Waals surface area contributed by atoms with E-state index in [-0.39, 0.29) is 17.1 Å². The Hall–Kier alpha value is -2.25. The quantitative estimate of drug-likeness (QED) is 0.756. The molecule has 5 nitrogen and oxygen atoms in total. The van der Waals surface area contributed by atoms with Crippen LogP contribution in [0.5, 0.6) is 0 Å². The lowest BCUT2D eigenvalue weighted by molar-refractivity contribution is 0.174. The number of nitrogens with one attached hydrogen (secondary N) is 2. The van der Waals surface area contributed by atoms with Crippen LogP contribution in [0, 0.1) is 11.8 Å². The fourth-order valence-electron chi connectivity index (χ4n) is 1.65. The summed E-state index contributed by atoms with van der Waals surface area (Å²) in [5.74, 6) is -1.31. The molecule has 0 radical (unpaired) electrons. The van der Waals surface area contributed by atoms with Gasteiger partial charge < -0.3 is 15.7 Å². The number of urea groups is 1. The summed E-state index contributed by atoms with van der Waals surface area (Å²) >= 11 is 5.55. The van der Waals surface area contributed by atoms with Crippen LogP contribution in [-0.4, -0.2) is 22.7 Å². The molecule has 1 heterocycles. The van der Waals surface area contributed by atoms with E-state index in [2.05, 4.69) is 15.6 Å². The third-order valence-electron chi connectivity index (χ3n) is 2.77. The molecule has 0 bridgehead atoms. The zero-order valence-electron chi connectivity index (χ0n) is 11.2. The Morgan fingerprint density at radius 2 is 2.09 bits per heavy atom. The van der Waals surface area contributed by atoms with Crippen LogP contribution in [0.1, 0.15) is 11.7 Å². The largest absolute Gasteiger partial charge is 0.387 e. The van der Waals surface area contributed by atoms with Gasteiger partial charge in [0.25, 0.3) is 0 Å². The first-order valence-electron chi connectivity index (χ1n) is 6.25. The molecule has 2 aromatic rings. The predicted molar refractivity (Wildman–Crippen MR) is 77.6 cm³/mol. The van der Waals surface area contributed by atoms with E-state index >= 15 is 0 Å². The van der Waals surface area contributed by atoms with Gasteiger partial charge in [-0.15, -0.1) is 0 Å².